The molecule has 0 unspecified atom stereocenters. The number of carbonyl (C=O) groups is 5. The van der Waals surface area contributed by atoms with Crippen LogP contribution < -0.4 is 10.6 Å². The number of methoxy groups -OCH3 is 1. The van der Waals surface area contributed by atoms with Crippen molar-refractivity contribution in [2.45, 2.75) is 95.9 Å². The first-order valence-corrected chi connectivity index (χ1v) is 16.8. The number of amides is 2. The predicted octanol–water partition coefficient (Wildman–Crippen LogP) is 3.40. The normalized spacial score (nSPS) is 21.3. The molecule has 1 aromatic carbocycles. The van der Waals surface area contributed by atoms with Gasteiger partial charge in [-0.2, -0.15) is 0 Å². The van der Waals surface area contributed by atoms with E-state index in [1.165, 1.54) is 31.4 Å². The van der Waals surface area contributed by atoms with Crippen LogP contribution in [0.1, 0.15) is 75.6 Å². The van der Waals surface area contributed by atoms with Crippen molar-refractivity contribution in [2.75, 3.05) is 26.8 Å². The monoisotopic (exact) mass is 688 g/mol. The van der Waals surface area contributed by atoms with Gasteiger partial charge in [-0.3, -0.25) is 19.2 Å². The lowest BCUT2D eigenvalue weighted by Gasteiger charge is -2.44. The first-order chi connectivity index (χ1) is 23.6. The van der Waals surface area contributed by atoms with Crippen LogP contribution in [-0.2, 0) is 42.9 Å². The van der Waals surface area contributed by atoms with Gasteiger partial charge in [-0.15, -0.1) is 13.2 Å². The van der Waals surface area contributed by atoms with Crippen molar-refractivity contribution in [3.8, 4) is 0 Å². The fraction of sp³-hybridized carbons (Fsp3) is 0.583. The molecule has 0 bridgehead atoms. The highest BCUT2D eigenvalue weighted by Crippen LogP contribution is 2.32. The number of hydrogen-bond donors (Lipinski definition) is 3. The number of unbranched alkanes of at least 4 members (excludes halogenated alkanes) is 2. The molecule has 0 aromatic heterocycles. The summed E-state index contributed by atoms with van der Waals surface area (Å²) in [6, 6.07) is 7.99. The third kappa shape index (κ3) is 13.4. The van der Waals surface area contributed by atoms with E-state index < -0.39 is 67.1 Å². The second-order valence-electron chi connectivity index (χ2n) is 11.8. The summed E-state index contributed by atoms with van der Waals surface area (Å²) in [6.45, 7) is 11.6. The van der Waals surface area contributed by atoms with Gasteiger partial charge in [0, 0.05) is 33.0 Å². The summed E-state index contributed by atoms with van der Waals surface area (Å²) in [6.07, 6.45) is -1.24. The van der Waals surface area contributed by atoms with Crippen LogP contribution in [-0.4, -0.2) is 92.3 Å². The number of carbonyl (C=O) groups excluding carboxylic acids is 5. The Morgan fingerprint density at radius 3 is 1.78 bits per heavy atom. The molecule has 1 heterocycles. The van der Waals surface area contributed by atoms with Gasteiger partial charge < -0.3 is 39.4 Å². The van der Waals surface area contributed by atoms with Crippen molar-refractivity contribution in [1.82, 2.24) is 10.6 Å². The van der Waals surface area contributed by atoms with Crippen LogP contribution in [0.15, 0.2) is 55.6 Å². The highest BCUT2D eigenvalue weighted by Gasteiger charge is 2.53. The second kappa shape index (κ2) is 22.5. The van der Waals surface area contributed by atoms with Crippen LogP contribution in [0.5, 0.6) is 0 Å². The highest BCUT2D eigenvalue weighted by atomic mass is 16.7. The lowest BCUT2D eigenvalue weighted by atomic mass is 9.96. The van der Waals surface area contributed by atoms with E-state index in [1.54, 1.807) is 18.2 Å². The Labute approximate surface area is 288 Å². The lowest BCUT2D eigenvalue weighted by molar-refractivity contribution is -0.301. The van der Waals surface area contributed by atoms with Crippen molar-refractivity contribution in [3.05, 3.63) is 61.2 Å². The maximum atomic E-state index is 13.8. The van der Waals surface area contributed by atoms with Gasteiger partial charge in [-0.05, 0) is 37.8 Å². The molecule has 2 amide bonds. The first-order valence-electron chi connectivity index (χ1n) is 16.8. The minimum atomic E-state index is -1.56. The number of benzene rings is 1. The van der Waals surface area contributed by atoms with E-state index >= 15 is 0 Å². The molecule has 1 aliphatic rings. The van der Waals surface area contributed by atoms with E-state index in [1.807, 2.05) is 13.8 Å². The van der Waals surface area contributed by atoms with Crippen molar-refractivity contribution in [2.24, 2.45) is 11.8 Å². The zero-order valence-corrected chi connectivity index (χ0v) is 28.8. The molecule has 272 valence electrons. The SMILES string of the molecule is C=CC[C@@H](CC(=O)NCCCC)C(=O)O[C@@H]1[C@H](OC(=O)[C@@H](CC=C)CC(=O)NCCCC)[C@@H](OC)O[C@H](CO)[C@H]1OC(=O)c1ccccc1. The molecule has 0 radical (unpaired) electrons. The van der Waals surface area contributed by atoms with Crippen LogP contribution >= 0.6 is 0 Å². The van der Waals surface area contributed by atoms with Gasteiger partial charge in [0.25, 0.3) is 0 Å². The quantitative estimate of drug-likeness (QED) is 0.0705. The van der Waals surface area contributed by atoms with Gasteiger partial charge in [0.2, 0.25) is 11.8 Å². The van der Waals surface area contributed by atoms with Crippen molar-refractivity contribution in [1.29, 1.82) is 0 Å². The standard InChI is InChI=1S/C36H52N2O11/c1-6-10-19-37-28(40)21-25(15-8-3)34(43)48-31-30(47-33(42)24-17-13-12-14-18-24)27(23-39)46-36(45-5)32(31)49-35(44)26(16-9-4)22-29(41)38-20-11-7-2/h8-9,12-14,17-18,25-27,30-32,36,39H,3-4,6-7,10-11,15-16,19-23H2,1-2,5H3,(H,37,40)(H,38,41)/t25-,26-,27+,30+,31-,32-,36-/m0/s1. The lowest BCUT2D eigenvalue weighted by Crippen LogP contribution is -2.63. The number of nitrogens with one attached hydrogen (secondary N) is 2. The van der Waals surface area contributed by atoms with E-state index in [0.29, 0.717) is 13.1 Å². The molecule has 1 aliphatic heterocycles. The fourth-order valence-corrected chi connectivity index (χ4v) is 5.17. The van der Waals surface area contributed by atoms with Crippen molar-refractivity contribution < 1.29 is 52.8 Å². The summed E-state index contributed by atoms with van der Waals surface area (Å²) in [5, 5.41) is 15.8. The largest absolute Gasteiger partial charge is 0.454 e. The first kappa shape index (κ1) is 41.1. The molecule has 0 saturated carbocycles. The topological polar surface area (TPSA) is 176 Å². The van der Waals surface area contributed by atoms with Crippen LogP contribution in [0, 0.1) is 11.8 Å². The third-order valence-corrected chi connectivity index (χ3v) is 7.90. The molecule has 49 heavy (non-hydrogen) atoms. The van der Waals surface area contributed by atoms with E-state index in [4.69, 9.17) is 23.7 Å². The van der Waals surface area contributed by atoms with Gasteiger partial charge in [0.05, 0.1) is 24.0 Å². The van der Waals surface area contributed by atoms with Crippen LogP contribution in [0.25, 0.3) is 0 Å². The molecule has 13 nitrogen and oxygen atoms in total. The summed E-state index contributed by atoms with van der Waals surface area (Å²) >= 11 is 0. The van der Waals surface area contributed by atoms with E-state index in [-0.39, 0.29) is 43.1 Å². The average Bonchev–Trinajstić information content (AvgIpc) is 3.09. The Kier molecular flexibility index (Phi) is 18.9. The van der Waals surface area contributed by atoms with Crippen molar-refractivity contribution >= 4 is 29.7 Å². The molecule has 1 saturated heterocycles. The number of esters is 3. The number of aliphatic hydroxyl groups is 1. The molecule has 0 aliphatic carbocycles. The number of hydrogen-bond acceptors (Lipinski definition) is 11. The molecule has 1 fully saturated rings. The predicted molar refractivity (Wildman–Crippen MR) is 180 cm³/mol. The van der Waals surface area contributed by atoms with E-state index in [9.17, 15) is 29.1 Å². The summed E-state index contributed by atoms with van der Waals surface area (Å²) in [7, 11) is 1.26. The zero-order valence-electron chi connectivity index (χ0n) is 28.8. The Hall–Kier alpha value is -4.07. The molecule has 2 rings (SSSR count). The Morgan fingerprint density at radius 2 is 1.33 bits per heavy atom. The van der Waals surface area contributed by atoms with E-state index in [2.05, 4.69) is 23.8 Å². The van der Waals surface area contributed by atoms with E-state index in [0.717, 1.165) is 25.7 Å². The molecule has 0 spiro atoms. The van der Waals surface area contributed by atoms with Crippen LogP contribution in [0.2, 0.25) is 0 Å². The van der Waals surface area contributed by atoms with Crippen molar-refractivity contribution in [3.63, 3.8) is 0 Å². The fourth-order valence-electron chi connectivity index (χ4n) is 5.17. The maximum absolute atomic E-state index is 13.8. The summed E-state index contributed by atoms with van der Waals surface area (Å²) in [4.78, 5) is 66.0. The van der Waals surface area contributed by atoms with Gasteiger partial charge in [-0.1, -0.05) is 57.0 Å². The Bertz CT molecular complexity index is 1220. The minimum Gasteiger partial charge on any atom is -0.454 e. The number of aliphatic hydroxyl groups excluding tert-OH is 1. The third-order valence-electron chi connectivity index (χ3n) is 7.90. The zero-order chi connectivity index (χ0) is 36.2. The highest BCUT2D eigenvalue weighted by molar-refractivity contribution is 5.89. The number of ether oxygens (including phenoxy) is 5. The van der Waals surface area contributed by atoms with Crippen LogP contribution in [0.4, 0.5) is 0 Å². The number of rotatable bonds is 22. The van der Waals surface area contributed by atoms with Gasteiger partial charge in [0.1, 0.15) is 6.10 Å². The van der Waals surface area contributed by atoms with Crippen LogP contribution in [0.3, 0.4) is 0 Å². The Morgan fingerprint density at radius 1 is 0.816 bits per heavy atom. The van der Waals surface area contributed by atoms with Gasteiger partial charge >= 0.3 is 17.9 Å². The maximum Gasteiger partial charge on any atom is 0.338 e. The minimum absolute atomic E-state index is 0.0772. The van der Waals surface area contributed by atoms with Gasteiger partial charge in [-0.25, -0.2) is 4.79 Å². The second-order valence-corrected chi connectivity index (χ2v) is 11.8. The summed E-state index contributed by atoms with van der Waals surface area (Å²) < 4.78 is 29.0. The molecule has 1 aromatic rings. The molecule has 3 N–H and O–H groups in total. The molecule has 13 heteroatoms. The summed E-state index contributed by atoms with van der Waals surface area (Å²) in [5.41, 5.74) is 0.167. The van der Waals surface area contributed by atoms with Gasteiger partial charge in [0.15, 0.2) is 24.6 Å². The molecular weight excluding hydrogens is 636 g/mol. The smallest absolute Gasteiger partial charge is 0.338 e. The molecule has 7 atom stereocenters. The molecular formula is C36H52N2O11. The number of allylic oxidation sites excluding steroid dienone is 2. The summed E-state index contributed by atoms with van der Waals surface area (Å²) in [5.74, 6) is -5.19. The Balaban J connectivity index is 2.48. The average molecular weight is 689 g/mol.